The van der Waals surface area contributed by atoms with Gasteiger partial charge in [0.1, 0.15) is 18.1 Å². The van der Waals surface area contributed by atoms with Gasteiger partial charge in [-0.1, -0.05) is 30.3 Å². The van der Waals surface area contributed by atoms with E-state index in [1.165, 1.54) is 12.0 Å². The summed E-state index contributed by atoms with van der Waals surface area (Å²) in [5.41, 5.74) is 1.43. The molecule has 2 aromatic rings. The van der Waals surface area contributed by atoms with Crippen LogP contribution in [0.3, 0.4) is 0 Å². The number of rotatable bonds is 8. The van der Waals surface area contributed by atoms with E-state index >= 15 is 0 Å². The maximum atomic E-state index is 5.96. The molecule has 0 radical (unpaired) electrons. The van der Waals surface area contributed by atoms with Crippen molar-refractivity contribution < 1.29 is 14.2 Å². The molecular weight excluding hydrogens is 326 g/mol. The molecule has 0 bridgehead atoms. The number of hydrogen-bond donors (Lipinski definition) is 0. The van der Waals surface area contributed by atoms with Crippen LogP contribution in [-0.4, -0.2) is 52.0 Å². The van der Waals surface area contributed by atoms with E-state index < -0.39 is 0 Å². The number of nitrogens with zero attached hydrogens (tertiary/aromatic N) is 1. The van der Waals surface area contributed by atoms with Crippen molar-refractivity contribution in [2.45, 2.75) is 12.3 Å². The summed E-state index contributed by atoms with van der Waals surface area (Å²) in [6, 6.07) is 18.5. The lowest BCUT2D eigenvalue weighted by molar-refractivity contribution is 0.0415. The van der Waals surface area contributed by atoms with Gasteiger partial charge >= 0.3 is 0 Å². The van der Waals surface area contributed by atoms with Crippen LogP contribution in [0, 0.1) is 5.92 Å². The van der Waals surface area contributed by atoms with Gasteiger partial charge in [0.05, 0.1) is 20.3 Å². The van der Waals surface area contributed by atoms with E-state index in [9.17, 15) is 0 Å². The predicted octanol–water partition coefficient (Wildman–Crippen LogP) is 3.83. The SMILES string of the molecule is COc1ccc(OCCOC[C@H]2CN(C)CC[C@@H]2c2ccccc2)cc1. The molecule has 1 heterocycles. The van der Waals surface area contributed by atoms with E-state index in [0.29, 0.717) is 25.0 Å². The summed E-state index contributed by atoms with van der Waals surface area (Å²) in [7, 11) is 3.86. The summed E-state index contributed by atoms with van der Waals surface area (Å²) < 4.78 is 16.9. The summed E-state index contributed by atoms with van der Waals surface area (Å²) >= 11 is 0. The van der Waals surface area contributed by atoms with Crippen LogP contribution in [0.15, 0.2) is 54.6 Å². The highest BCUT2D eigenvalue weighted by atomic mass is 16.5. The highest BCUT2D eigenvalue weighted by Gasteiger charge is 2.28. The maximum Gasteiger partial charge on any atom is 0.119 e. The quantitative estimate of drug-likeness (QED) is 0.674. The molecule has 0 saturated carbocycles. The minimum Gasteiger partial charge on any atom is -0.497 e. The van der Waals surface area contributed by atoms with E-state index in [0.717, 1.165) is 31.2 Å². The van der Waals surface area contributed by atoms with Gasteiger partial charge in [-0.15, -0.1) is 0 Å². The third kappa shape index (κ3) is 5.23. The van der Waals surface area contributed by atoms with Crippen LogP contribution in [-0.2, 0) is 4.74 Å². The Morgan fingerprint density at radius 1 is 0.962 bits per heavy atom. The maximum absolute atomic E-state index is 5.96. The topological polar surface area (TPSA) is 30.9 Å². The van der Waals surface area contributed by atoms with E-state index in [4.69, 9.17) is 14.2 Å². The second-order valence-corrected chi connectivity index (χ2v) is 6.93. The zero-order valence-electron chi connectivity index (χ0n) is 15.8. The molecule has 2 atom stereocenters. The van der Waals surface area contributed by atoms with Gasteiger partial charge in [-0.05, 0) is 55.8 Å². The van der Waals surface area contributed by atoms with Crippen LogP contribution in [0.2, 0.25) is 0 Å². The summed E-state index contributed by atoms with van der Waals surface area (Å²) in [6.45, 7) is 4.17. The summed E-state index contributed by atoms with van der Waals surface area (Å²) in [4.78, 5) is 2.40. The molecule has 4 nitrogen and oxygen atoms in total. The molecule has 1 aliphatic heterocycles. The fraction of sp³-hybridized carbons (Fsp3) is 0.455. The van der Waals surface area contributed by atoms with Crippen LogP contribution < -0.4 is 9.47 Å². The molecule has 0 unspecified atom stereocenters. The molecular formula is C22H29NO3. The van der Waals surface area contributed by atoms with Crippen molar-refractivity contribution in [2.24, 2.45) is 5.92 Å². The van der Waals surface area contributed by atoms with Crippen LogP contribution in [0.1, 0.15) is 17.9 Å². The summed E-state index contributed by atoms with van der Waals surface area (Å²) in [6.07, 6.45) is 1.19. The number of likely N-dealkylation sites (tertiary alicyclic amines) is 1. The first kappa shape index (κ1) is 18.7. The van der Waals surface area contributed by atoms with Gasteiger partial charge in [-0.25, -0.2) is 0 Å². The highest BCUT2D eigenvalue weighted by Crippen LogP contribution is 2.32. The smallest absolute Gasteiger partial charge is 0.119 e. The van der Waals surface area contributed by atoms with E-state index in [-0.39, 0.29) is 0 Å². The standard InChI is InChI=1S/C22H29NO3/c1-23-13-12-22(18-6-4-3-5-7-18)19(16-23)17-25-14-15-26-21-10-8-20(24-2)9-11-21/h3-11,19,22H,12-17H2,1-2H3/t19-,22-/m1/s1. The molecule has 0 aliphatic carbocycles. The van der Waals surface area contributed by atoms with E-state index in [1.807, 2.05) is 24.3 Å². The molecule has 0 amide bonds. The fourth-order valence-corrected chi connectivity index (χ4v) is 3.65. The molecule has 140 valence electrons. The number of methoxy groups -OCH3 is 1. The van der Waals surface area contributed by atoms with Crippen LogP contribution >= 0.6 is 0 Å². The zero-order valence-corrected chi connectivity index (χ0v) is 15.8. The lowest BCUT2D eigenvalue weighted by Gasteiger charge is -2.37. The predicted molar refractivity (Wildman–Crippen MR) is 104 cm³/mol. The molecule has 4 heteroatoms. The first-order valence-electron chi connectivity index (χ1n) is 9.34. The molecule has 0 N–H and O–H groups in total. The molecule has 1 aliphatic rings. The lowest BCUT2D eigenvalue weighted by Crippen LogP contribution is -2.39. The van der Waals surface area contributed by atoms with Gasteiger partial charge in [0.15, 0.2) is 0 Å². The summed E-state index contributed by atoms with van der Waals surface area (Å²) in [5.74, 6) is 2.78. The normalized spacial score (nSPS) is 20.7. The fourth-order valence-electron chi connectivity index (χ4n) is 3.65. The van der Waals surface area contributed by atoms with Crippen molar-refractivity contribution in [3.63, 3.8) is 0 Å². The Hall–Kier alpha value is -2.04. The molecule has 1 saturated heterocycles. The van der Waals surface area contributed by atoms with Crippen LogP contribution in [0.4, 0.5) is 0 Å². The van der Waals surface area contributed by atoms with Crippen molar-refractivity contribution >= 4 is 0 Å². The minimum absolute atomic E-state index is 0.525. The van der Waals surface area contributed by atoms with Gasteiger partial charge in [0, 0.05) is 12.5 Å². The monoisotopic (exact) mass is 355 g/mol. The van der Waals surface area contributed by atoms with Crippen molar-refractivity contribution in [3.8, 4) is 11.5 Å². The van der Waals surface area contributed by atoms with Crippen molar-refractivity contribution in [2.75, 3.05) is 47.1 Å². The largest absolute Gasteiger partial charge is 0.497 e. The van der Waals surface area contributed by atoms with Gasteiger partial charge in [-0.3, -0.25) is 0 Å². The van der Waals surface area contributed by atoms with E-state index in [1.54, 1.807) is 7.11 Å². The lowest BCUT2D eigenvalue weighted by atomic mass is 9.81. The second kappa shape index (κ2) is 9.60. The van der Waals surface area contributed by atoms with Crippen LogP contribution in [0.5, 0.6) is 11.5 Å². The third-order valence-electron chi connectivity index (χ3n) is 5.05. The molecule has 26 heavy (non-hydrogen) atoms. The number of benzene rings is 2. The Kier molecular flexibility index (Phi) is 6.92. The molecule has 0 spiro atoms. The summed E-state index contributed by atoms with van der Waals surface area (Å²) in [5, 5.41) is 0. The Morgan fingerprint density at radius 2 is 1.69 bits per heavy atom. The number of ether oxygens (including phenoxy) is 3. The highest BCUT2D eigenvalue weighted by molar-refractivity contribution is 5.31. The van der Waals surface area contributed by atoms with Gasteiger partial charge in [0.2, 0.25) is 0 Å². The Morgan fingerprint density at radius 3 is 2.42 bits per heavy atom. The Bertz CT molecular complexity index is 644. The minimum atomic E-state index is 0.525. The second-order valence-electron chi connectivity index (χ2n) is 6.93. The van der Waals surface area contributed by atoms with Crippen molar-refractivity contribution in [3.05, 3.63) is 60.2 Å². The average Bonchev–Trinajstić information content (AvgIpc) is 2.69. The number of piperidine rings is 1. The van der Waals surface area contributed by atoms with Gasteiger partial charge in [0.25, 0.3) is 0 Å². The van der Waals surface area contributed by atoms with Gasteiger partial charge in [-0.2, -0.15) is 0 Å². The first-order valence-corrected chi connectivity index (χ1v) is 9.34. The number of hydrogen-bond acceptors (Lipinski definition) is 4. The van der Waals surface area contributed by atoms with Crippen molar-refractivity contribution in [1.29, 1.82) is 0 Å². The third-order valence-corrected chi connectivity index (χ3v) is 5.05. The Labute approximate surface area is 156 Å². The molecule has 0 aromatic heterocycles. The van der Waals surface area contributed by atoms with E-state index in [2.05, 4.69) is 42.3 Å². The van der Waals surface area contributed by atoms with Crippen LogP contribution in [0.25, 0.3) is 0 Å². The average molecular weight is 355 g/mol. The first-order chi connectivity index (χ1) is 12.8. The molecule has 3 rings (SSSR count). The van der Waals surface area contributed by atoms with Gasteiger partial charge < -0.3 is 19.1 Å². The Balaban J connectivity index is 1.44. The van der Waals surface area contributed by atoms with Crippen molar-refractivity contribution in [1.82, 2.24) is 4.90 Å². The molecule has 1 fully saturated rings. The zero-order chi connectivity index (χ0) is 18.2. The molecule has 2 aromatic carbocycles.